The first-order valence-corrected chi connectivity index (χ1v) is 6.91. The van der Waals surface area contributed by atoms with Crippen molar-refractivity contribution in [1.82, 2.24) is 10.2 Å². The summed E-state index contributed by atoms with van der Waals surface area (Å²) in [5, 5.41) is 2.97. The molecule has 0 fully saturated rings. The van der Waals surface area contributed by atoms with Crippen LogP contribution in [0.1, 0.15) is 30.6 Å². The van der Waals surface area contributed by atoms with E-state index in [0.29, 0.717) is 23.6 Å². The second kappa shape index (κ2) is 7.75. The molecule has 0 heterocycles. The molecule has 0 aliphatic heterocycles. The number of nitrogen functional groups attached to an aromatic ring is 1. The van der Waals surface area contributed by atoms with E-state index in [1.54, 1.807) is 18.2 Å². The summed E-state index contributed by atoms with van der Waals surface area (Å²) in [4.78, 5) is 14.3. The number of amides is 1. The van der Waals surface area contributed by atoms with Gasteiger partial charge in [0.05, 0.1) is 6.61 Å². The van der Waals surface area contributed by atoms with Crippen LogP contribution in [0.2, 0.25) is 0 Å². The van der Waals surface area contributed by atoms with Crippen LogP contribution in [0.25, 0.3) is 0 Å². The predicted molar refractivity (Wildman–Crippen MR) is 82.1 cm³/mol. The normalized spacial score (nSPS) is 12.2. The first-order chi connectivity index (χ1) is 9.42. The van der Waals surface area contributed by atoms with Crippen molar-refractivity contribution in [3.63, 3.8) is 0 Å². The Balaban J connectivity index is 2.67. The molecule has 0 bridgehead atoms. The van der Waals surface area contributed by atoms with Crippen LogP contribution in [0.3, 0.4) is 0 Å². The van der Waals surface area contributed by atoms with Crippen LogP contribution in [0.5, 0.6) is 5.75 Å². The van der Waals surface area contributed by atoms with Gasteiger partial charge in [-0.2, -0.15) is 0 Å². The Morgan fingerprint density at radius 2 is 2.10 bits per heavy atom. The quantitative estimate of drug-likeness (QED) is 0.746. The molecule has 20 heavy (non-hydrogen) atoms. The number of nitrogens with zero attached hydrogens (tertiary/aromatic N) is 1. The van der Waals surface area contributed by atoms with Gasteiger partial charge in [-0.3, -0.25) is 4.79 Å². The molecule has 1 rings (SSSR count). The summed E-state index contributed by atoms with van der Waals surface area (Å²) >= 11 is 0. The molecule has 0 aromatic heterocycles. The highest BCUT2D eigenvalue weighted by atomic mass is 16.5. The molecule has 0 saturated heterocycles. The molecule has 112 valence electrons. The molecule has 5 nitrogen and oxygen atoms in total. The van der Waals surface area contributed by atoms with Gasteiger partial charge in [-0.1, -0.05) is 0 Å². The molecule has 1 aromatic carbocycles. The fourth-order valence-corrected chi connectivity index (χ4v) is 1.83. The molecule has 5 heteroatoms. The minimum absolute atomic E-state index is 0.113. The van der Waals surface area contributed by atoms with E-state index in [4.69, 9.17) is 10.5 Å². The van der Waals surface area contributed by atoms with E-state index in [0.717, 1.165) is 13.0 Å². The third kappa shape index (κ3) is 5.48. The van der Waals surface area contributed by atoms with Crippen molar-refractivity contribution in [2.75, 3.05) is 33.0 Å². The summed E-state index contributed by atoms with van der Waals surface area (Å²) in [5.74, 6) is 0.503. The van der Waals surface area contributed by atoms with Gasteiger partial charge in [-0.25, -0.2) is 0 Å². The van der Waals surface area contributed by atoms with E-state index >= 15 is 0 Å². The highest BCUT2D eigenvalue weighted by molar-refractivity contribution is 5.95. The summed E-state index contributed by atoms with van der Waals surface area (Å²) in [6, 6.07) is 5.21. The summed E-state index contributed by atoms with van der Waals surface area (Å²) in [6.45, 7) is 5.37. The Morgan fingerprint density at radius 3 is 2.70 bits per heavy atom. The van der Waals surface area contributed by atoms with Crippen molar-refractivity contribution in [3.8, 4) is 5.75 Å². The van der Waals surface area contributed by atoms with Crippen LogP contribution >= 0.6 is 0 Å². The molecule has 1 unspecified atom stereocenters. The van der Waals surface area contributed by atoms with Gasteiger partial charge in [-0.15, -0.1) is 0 Å². The number of hydrogen-bond acceptors (Lipinski definition) is 4. The van der Waals surface area contributed by atoms with Crippen molar-refractivity contribution in [1.29, 1.82) is 0 Å². The first kappa shape index (κ1) is 16.3. The number of anilines is 1. The molecule has 0 radical (unpaired) electrons. The third-order valence-electron chi connectivity index (χ3n) is 2.89. The third-order valence-corrected chi connectivity index (χ3v) is 2.89. The van der Waals surface area contributed by atoms with E-state index in [9.17, 15) is 4.79 Å². The van der Waals surface area contributed by atoms with E-state index in [1.165, 1.54) is 0 Å². The lowest BCUT2D eigenvalue weighted by Gasteiger charge is -2.17. The standard InChI is InChI=1S/C15H25N3O2/c1-5-20-14-9-12(8-13(16)10-14)15(19)17-11(2)6-7-18(3)4/h8-11H,5-7,16H2,1-4H3,(H,17,19). The van der Waals surface area contributed by atoms with Crippen molar-refractivity contribution >= 4 is 11.6 Å². The summed E-state index contributed by atoms with van der Waals surface area (Å²) in [5.41, 5.74) is 6.85. The average molecular weight is 279 g/mol. The fraction of sp³-hybridized carbons (Fsp3) is 0.533. The Labute approximate surface area is 121 Å². The number of carbonyl (C=O) groups is 1. The summed E-state index contributed by atoms with van der Waals surface area (Å²) in [6.07, 6.45) is 0.902. The second-order valence-electron chi connectivity index (χ2n) is 5.19. The zero-order chi connectivity index (χ0) is 15.1. The van der Waals surface area contributed by atoms with E-state index < -0.39 is 0 Å². The molecule has 1 amide bonds. The molecular weight excluding hydrogens is 254 g/mol. The first-order valence-electron chi connectivity index (χ1n) is 6.91. The highest BCUT2D eigenvalue weighted by Gasteiger charge is 2.12. The number of nitrogens with one attached hydrogen (secondary N) is 1. The van der Waals surface area contributed by atoms with E-state index in [2.05, 4.69) is 10.2 Å². The number of benzene rings is 1. The van der Waals surface area contributed by atoms with Crippen molar-refractivity contribution in [2.45, 2.75) is 26.3 Å². The van der Waals surface area contributed by atoms with Crippen LogP contribution < -0.4 is 15.8 Å². The van der Waals surface area contributed by atoms with Gasteiger partial charge in [0.2, 0.25) is 0 Å². The van der Waals surface area contributed by atoms with E-state index in [1.807, 2.05) is 27.9 Å². The summed E-state index contributed by atoms with van der Waals surface area (Å²) < 4.78 is 5.39. The number of hydrogen-bond donors (Lipinski definition) is 2. The maximum absolute atomic E-state index is 12.2. The Bertz CT molecular complexity index is 447. The number of ether oxygens (including phenoxy) is 1. The topological polar surface area (TPSA) is 67.6 Å². The molecule has 1 aromatic rings. The number of rotatable bonds is 7. The molecule has 0 aliphatic carbocycles. The van der Waals surface area contributed by atoms with Gasteiger partial charge < -0.3 is 20.7 Å². The average Bonchev–Trinajstić information content (AvgIpc) is 2.36. The lowest BCUT2D eigenvalue weighted by atomic mass is 10.1. The fourth-order valence-electron chi connectivity index (χ4n) is 1.83. The zero-order valence-corrected chi connectivity index (χ0v) is 12.8. The predicted octanol–water partition coefficient (Wildman–Crippen LogP) is 1.74. The maximum Gasteiger partial charge on any atom is 0.251 e. The van der Waals surface area contributed by atoms with E-state index in [-0.39, 0.29) is 11.9 Å². The molecule has 1 atom stereocenters. The van der Waals surface area contributed by atoms with Crippen LogP contribution in [0, 0.1) is 0 Å². The highest BCUT2D eigenvalue weighted by Crippen LogP contribution is 2.19. The van der Waals surface area contributed by atoms with Gasteiger partial charge in [0, 0.05) is 23.4 Å². The molecule has 0 spiro atoms. The monoisotopic (exact) mass is 279 g/mol. The van der Waals surface area contributed by atoms with Crippen LogP contribution in [-0.2, 0) is 0 Å². The van der Waals surface area contributed by atoms with Crippen LogP contribution in [-0.4, -0.2) is 44.1 Å². The van der Waals surface area contributed by atoms with Crippen molar-refractivity contribution in [3.05, 3.63) is 23.8 Å². The minimum atomic E-state index is -0.121. The lowest BCUT2D eigenvalue weighted by molar-refractivity contribution is 0.0936. The number of carbonyl (C=O) groups excluding carboxylic acids is 1. The Kier molecular flexibility index (Phi) is 6.31. The lowest BCUT2D eigenvalue weighted by Crippen LogP contribution is -2.34. The van der Waals surface area contributed by atoms with Gasteiger partial charge >= 0.3 is 0 Å². The van der Waals surface area contributed by atoms with Crippen LogP contribution in [0.4, 0.5) is 5.69 Å². The molecular formula is C15H25N3O2. The molecule has 3 N–H and O–H groups in total. The minimum Gasteiger partial charge on any atom is -0.494 e. The number of nitrogens with two attached hydrogens (primary N) is 1. The van der Waals surface area contributed by atoms with Gasteiger partial charge in [0.15, 0.2) is 0 Å². The van der Waals surface area contributed by atoms with Crippen molar-refractivity contribution in [2.24, 2.45) is 0 Å². The van der Waals surface area contributed by atoms with Crippen LogP contribution in [0.15, 0.2) is 18.2 Å². The largest absolute Gasteiger partial charge is 0.494 e. The Morgan fingerprint density at radius 1 is 1.40 bits per heavy atom. The smallest absolute Gasteiger partial charge is 0.251 e. The van der Waals surface area contributed by atoms with Gasteiger partial charge in [-0.05, 0) is 53.0 Å². The SMILES string of the molecule is CCOc1cc(N)cc(C(=O)NC(C)CCN(C)C)c1. The second-order valence-corrected chi connectivity index (χ2v) is 5.19. The molecule has 0 aliphatic rings. The van der Waals surface area contributed by atoms with Crippen molar-refractivity contribution < 1.29 is 9.53 Å². The van der Waals surface area contributed by atoms with Gasteiger partial charge in [0.1, 0.15) is 5.75 Å². The summed E-state index contributed by atoms with van der Waals surface area (Å²) in [7, 11) is 4.03. The molecule has 0 saturated carbocycles. The maximum atomic E-state index is 12.2. The Hall–Kier alpha value is -1.75. The van der Waals surface area contributed by atoms with Gasteiger partial charge in [0.25, 0.3) is 5.91 Å². The zero-order valence-electron chi connectivity index (χ0n) is 12.8.